The summed E-state index contributed by atoms with van der Waals surface area (Å²) in [7, 11) is 3.64. The minimum atomic E-state index is -0.123. The summed E-state index contributed by atoms with van der Waals surface area (Å²) in [6.45, 7) is 3.70. The largest absolute Gasteiger partial charge is 1.00 e. The number of para-hydroxylation sites is 1. The molecule has 0 fully saturated rings. The maximum Gasteiger partial charge on any atom is 0.255 e. The van der Waals surface area contributed by atoms with E-state index in [0.717, 1.165) is 24.0 Å². The Hall–Kier alpha value is -2.32. The summed E-state index contributed by atoms with van der Waals surface area (Å²) >= 11 is 6.45. The highest BCUT2D eigenvalue weighted by atomic mass is 127. The summed E-state index contributed by atoms with van der Waals surface area (Å²) in [6, 6.07) is 17.1. The molecule has 3 rings (SSSR count). The van der Waals surface area contributed by atoms with E-state index >= 15 is 0 Å². The average molecular weight is 721 g/mol. The molecule has 0 radical (unpaired) electrons. The number of nitrogens with zero attached hydrogens (tertiary/aromatic N) is 2. The zero-order valence-corrected chi connectivity index (χ0v) is 29.2. The Balaban J connectivity index is 0.00000645. The van der Waals surface area contributed by atoms with E-state index in [4.69, 9.17) is 21.1 Å². The summed E-state index contributed by atoms with van der Waals surface area (Å²) in [5, 5.41) is 0.445. The van der Waals surface area contributed by atoms with Crippen molar-refractivity contribution in [1.29, 1.82) is 0 Å². The van der Waals surface area contributed by atoms with E-state index < -0.39 is 0 Å². The van der Waals surface area contributed by atoms with E-state index in [0.29, 0.717) is 41.8 Å². The van der Waals surface area contributed by atoms with Crippen LogP contribution in [-0.4, -0.2) is 24.5 Å². The van der Waals surface area contributed by atoms with Crippen LogP contribution in [0.2, 0.25) is 5.02 Å². The molecule has 0 saturated carbocycles. The molecule has 0 bridgehead atoms. The Kier molecular flexibility index (Phi) is 18.3. The molecule has 0 spiro atoms. The number of aromatic nitrogens is 1. The van der Waals surface area contributed by atoms with Crippen molar-refractivity contribution in [3.8, 4) is 11.5 Å². The molecule has 1 heterocycles. The van der Waals surface area contributed by atoms with Gasteiger partial charge in [0.05, 0.1) is 37.4 Å². The van der Waals surface area contributed by atoms with E-state index in [-0.39, 0.29) is 29.9 Å². The Morgan fingerprint density at radius 3 is 2.09 bits per heavy atom. The van der Waals surface area contributed by atoms with E-state index in [1.807, 2.05) is 71.4 Å². The van der Waals surface area contributed by atoms with Gasteiger partial charge in [-0.05, 0) is 30.7 Å². The number of amides is 1. The number of pyridine rings is 1. The van der Waals surface area contributed by atoms with Crippen LogP contribution >= 0.6 is 11.6 Å². The van der Waals surface area contributed by atoms with Crippen LogP contribution in [0.1, 0.15) is 105 Å². The zero-order chi connectivity index (χ0) is 30.0. The molecule has 7 heteroatoms. The van der Waals surface area contributed by atoms with Gasteiger partial charge in [-0.2, -0.15) is 0 Å². The molecular formula is C36H50ClIN2O3. The Bertz CT molecular complexity index is 1220. The molecule has 0 unspecified atom stereocenters. The lowest BCUT2D eigenvalue weighted by molar-refractivity contribution is -0.672. The third kappa shape index (κ3) is 13.1. The first-order valence-electron chi connectivity index (χ1n) is 15.8. The second kappa shape index (κ2) is 21.4. The van der Waals surface area contributed by atoms with Crippen molar-refractivity contribution < 1.29 is 42.8 Å². The first kappa shape index (κ1) is 36.9. The van der Waals surface area contributed by atoms with Crippen molar-refractivity contribution in [3.05, 3.63) is 88.7 Å². The number of benzene rings is 2. The van der Waals surface area contributed by atoms with Gasteiger partial charge >= 0.3 is 0 Å². The maximum absolute atomic E-state index is 13.8. The van der Waals surface area contributed by atoms with Gasteiger partial charge < -0.3 is 38.4 Å². The van der Waals surface area contributed by atoms with Crippen LogP contribution in [0.3, 0.4) is 0 Å². The minimum Gasteiger partial charge on any atom is -1.00 e. The molecular weight excluding hydrogens is 671 g/mol. The van der Waals surface area contributed by atoms with E-state index in [2.05, 4.69) is 6.92 Å². The number of methoxy groups -OCH3 is 1. The van der Waals surface area contributed by atoms with Gasteiger partial charge in [0.15, 0.2) is 23.9 Å². The molecule has 236 valence electrons. The topological polar surface area (TPSA) is 42.7 Å². The van der Waals surface area contributed by atoms with Crippen molar-refractivity contribution in [2.24, 2.45) is 7.05 Å². The number of halogens is 2. The molecule has 5 nitrogen and oxygen atoms in total. The molecule has 0 aliphatic heterocycles. The van der Waals surface area contributed by atoms with E-state index in [9.17, 15) is 4.79 Å². The van der Waals surface area contributed by atoms with Crippen LogP contribution in [0, 0.1) is 0 Å². The van der Waals surface area contributed by atoms with Crippen LogP contribution in [-0.2, 0) is 20.1 Å². The lowest BCUT2D eigenvalue weighted by Crippen LogP contribution is -3.00. The molecule has 2 aromatic carbocycles. The number of unbranched alkanes of at least 4 members (excludes halogenated alkanes) is 11. The van der Waals surface area contributed by atoms with Crippen LogP contribution in [0.5, 0.6) is 11.5 Å². The highest BCUT2D eigenvalue weighted by molar-refractivity contribution is 6.33. The van der Waals surface area contributed by atoms with Crippen molar-refractivity contribution in [1.82, 2.24) is 4.90 Å². The van der Waals surface area contributed by atoms with Crippen molar-refractivity contribution in [2.45, 2.75) is 97.1 Å². The van der Waals surface area contributed by atoms with Gasteiger partial charge in [-0.25, -0.2) is 4.57 Å². The third-order valence-corrected chi connectivity index (χ3v) is 7.98. The fourth-order valence-corrected chi connectivity index (χ4v) is 5.52. The number of hydrogen-bond acceptors (Lipinski definition) is 3. The van der Waals surface area contributed by atoms with Crippen molar-refractivity contribution >= 4 is 17.5 Å². The Morgan fingerprint density at radius 1 is 0.814 bits per heavy atom. The van der Waals surface area contributed by atoms with Gasteiger partial charge in [-0.1, -0.05) is 113 Å². The third-order valence-electron chi connectivity index (χ3n) is 7.65. The van der Waals surface area contributed by atoms with Crippen LogP contribution in [0.4, 0.5) is 0 Å². The van der Waals surface area contributed by atoms with Gasteiger partial charge in [0.2, 0.25) is 0 Å². The maximum atomic E-state index is 13.8. The van der Waals surface area contributed by atoms with Gasteiger partial charge in [0.25, 0.3) is 5.91 Å². The van der Waals surface area contributed by atoms with Crippen LogP contribution in [0.15, 0.2) is 67.0 Å². The van der Waals surface area contributed by atoms with Gasteiger partial charge in [-0.3, -0.25) is 4.79 Å². The number of carbonyl (C=O) groups is 1. The highest BCUT2D eigenvalue weighted by Crippen LogP contribution is 2.33. The first-order chi connectivity index (χ1) is 20.5. The molecule has 0 aliphatic rings. The van der Waals surface area contributed by atoms with Crippen LogP contribution in [0.25, 0.3) is 0 Å². The smallest absolute Gasteiger partial charge is 0.255 e. The van der Waals surface area contributed by atoms with E-state index in [1.54, 1.807) is 19.2 Å². The van der Waals surface area contributed by atoms with Crippen LogP contribution < -0.4 is 38.0 Å². The molecule has 0 saturated heterocycles. The molecule has 43 heavy (non-hydrogen) atoms. The Labute approximate surface area is 282 Å². The number of rotatable bonds is 20. The van der Waals surface area contributed by atoms with Gasteiger partial charge in [0.1, 0.15) is 7.05 Å². The SMILES string of the molecule is CCCCCCCCCCCCCCOc1c(CN(Cc2ccc[n+](C)c2)C(=O)c2ccccc2Cl)cccc1OC.[I-]. The second-order valence-corrected chi connectivity index (χ2v) is 11.6. The quantitative estimate of drug-likeness (QED) is 0.0806. The predicted molar refractivity (Wildman–Crippen MR) is 172 cm³/mol. The normalized spacial score (nSPS) is 10.7. The zero-order valence-electron chi connectivity index (χ0n) is 26.3. The summed E-state index contributed by atoms with van der Waals surface area (Å²) in [6.07, 6.45) is 19.6. The standard InChI is InChI=1S/C36H50ClN2O3.HI/c1-4-5-6-7-8-9-10-11-12-13-14-17-26-42-35-31(21-18-24-34(35)41-3)29-39(28-30-20-19-25-38(2)27-30)36(40)32-22-15-16-23-33(32)37;/h15-16,18-25,27H,4-14,17,26,28-29H2,1-3H3;1H/q+1;/p-1. The molecule has 0 aliphatic carbocycles. The number of hydrogen-bond donors (Lipinski definition) is 0. The molecule has 0 atom stereocenters. The van der Waals surface area contributed by atoms with Gasteiger partial charge in [0, 0.05) is 17.2 Å². The Morgan fingerprint density at radius 2 is 1.47 bits per heavy atom. The van der Waals surface area contributed by atoms with Gasteiger partial charge in [-0.15, -0.1) is 0 Å². The molecule has 1 aromatic heterocycles. The van der Waals surface area contributed by atoms with Crippen molar-refractivity contribution in [2.75, 3.05) is 13.7 Å². The minimum absolute atomic E-state index is 0. The molecule has 3 aromatic rings. The number of aryl methyl sites for hydroxylation is 1. The summed E-state index contributed by atoms with van der Waals surface area (Å²) < 4.78 is 14.0. The first-order valence-corrected chi connectivity index (χ1v) is 16.2. The summed E-state index contributed by atoms with van der Waals surface area (Å²) in [5.41, 5.74) is 2.43. The monoisotopic (exact) mass is 720 g/mol. The van der Waals surface area contributed by atoms with E-state index in [1.165, 1.54) is 64.2 Å². The fraction of sp³-hybridized carbons (Fsp3) is 0.500. The number of ether oxygens (including phenoxy) is 2. The van der Waals surface area contributed by atoms with Crippen molar-refractivity contribution in [3.63, 3.8) is 0 Å². The molecule has 1 amide bonds. The fourth-order valence-electron chi connectivity index (χ4n) is 5.30. The average Bonchev–Trinajstić information content (AvgIpc) is 2.99. The summed E-state index contributed by atoms with van der Waals surface area (Å²) in [5.74, 6) is 1.27. The lowest BCUT2D eigenvalue weighted by Gasteiger charge is -2.25. The molecule has 0 N–H and O–H groups in total. The lowest BCUT2D eigenvalue weighted by atomic mass is 10.1. The number of carbonyl (C=O) groups excluding carboxylic acids is 1. The predicted octanol–water partition coefficient (Wildman–Crippen LogP) is 6.10. The second-order valence-electron chi connectivity index (χ2n) is 11.2. The summed E-state index contributed by atoms with van der Waals surface area (Å²) in [4.78, 5) is 15.6. The highest BCUT2D eigenvalue weighted by Gasteiger charge is 2.22.